The minimum Gasteiger partial charge on any atom is -0.369 e. The monoisotopic (exact) mass is 513 g/mol. The molecule has 1 saturated heterocycles. The third kappa shape index (κ3) is 5.33. The zero-order chi connectivity index (χ0) is 19.4. The molecule has 0 spiro atoms. The highest BCUT2D eigenvalue weighted by atomic mass is 127. The number of piperidine rings is 1. The van der Waals surface area contributed by atoms with Gasteiger partial charge in [-0.05, 0) is 103 Å². The fraction of sp³-hybridized carbons (Fsp3) is 0.300. The Morgan fingerprint density at radius 3 is 2.67 bits per heavy atom. The fourth-order valence-electron chi connectivity index (χ4n) is 3.22. The van der Waals surface area contributed by atoms with Gasteiger partial charge in [0.1, 0.15) is 0 Å². The number of hydrogen-bond donors (Lipinski definition) is 2. The van der Waals surface area contributed by atoms with Crippen LogP contribution in [0.3, 0.4) is 0 Å². The van der Waals surface area contributed by atoms with Crippen LogP contribution in [0.5, 0.6) is 0 Å². The van der Waals surface area contributed by atoms with Crippen molar-refractivity contribution in [3.8, 4) is 0 Å². The van der Waals surface area contributed by atoms with Gasteiger partial charge in [0.05, 0.1) is 10.6 Å². The van der Waals surface area contributed by atoms with Gasteiger partial charge in [-0.1, -0.05) is 11.6 Å². The fourth-order valence-corrected chi connectivity index (χ4v) is 4.13. The number of benzene rings is 2. The second-order valence-corrected chi connectivity index (χ2v) is 8.68. The van der Waals surface area contributed by atoms with Gasteiger partial charge in [-0.2, -0.15) is 0 Å². The van der Waals surface area contributed by atoms with Crippen molar-refractivity contribution in [2.24, 2.45) is 0 Å². The lowest BCUT2D eigenvalue weighted by molar-refractivity contribution is 0.0978. The number of halogens is 2. The summed E-state index contributed by atoms with van der Waals surface area (Å²) in [6, 6.07) is 14.0. The molecule has 2 aromatic rings. The van der Waals surface area contributed by atoms with Crippen LogP contribution >= 0.6 is 46.4 Å². The van der Waals surface area contributed by atoms with Crippen LogP contribution in [0.2, 0.25) is 5.02 Å². The Balaban J connectivity index is 1.60. The summed E-state index contributed by atoms with van der Waals surface area (Å²) < 4.78 is 0.934. The Hall–Kier alpha value is -1.38. The maximum atomic E-state index is 12.4. The third-order valence-electron chi connectivity index (χ3n) is 4.66. The summed E-state index contributed by atoms with van der Waals surface area (Å²) in [5.74, 6) is -0.324. The number of nitrogens with zero attached hydrogens (tertiary/aromatic N) is 1. The lowest BCUT2D eigenvalue weighted by Crippen LogP contribution is -2.37. The van der Waals surface area contributed by atoms with Crippen molar-refractivity contribution in [1.29, 1.82) is 0 Å². The predicted octanol–water partition coefficient (Wildman–Crippen LogP) is 5.45. The number of nitrogens with one attached hydrogen (secondary N) is 2. The lowest BCUT2D eigenvalue weighted by atomic mass is 10.0. The van der Waals surface area contributed by atoms with Gasteiger partial charge in [0.15, 0.2) is 5.11 Å². The molecule has 4 nitrogen and oxygen atoms in total. The largest absolute Gasteiger partial charge is 0.369 e. The lowest BCUT2D eigenvalue weighted by Gasteiger charge is -2.35. The molecule has 27 heavy (non-hydrogen) atoms. The van der Waals surface area contributed by atoms with Gasteiger partial charge in [-0.25, -0.2) is 0 Å². The number of anilines is 2. The standard InChI is InChI=1S/C20H21ClIN3OS/c1-13-4-2-3-11-25(13)16-8-6-15(7-9-16)23-20(27)24-19(26)17-12-14(22)5-10-18(17)21/h5-10,12-13H,2-4,11H2,1H3,(H2,23,24,26,27)/t13-/m1/s1. The van der Waals surface area contributed by atoms with Crippen molar-refractivity contribution < 1.29 is 4.79 Å². The van der Waals surface area contributed by atoms with E-state index in [1.807, 2.05) is 18.2 Å². The molecule has 1 amide bonds. The molecule has 0 radical (unpaired) electrons. The quantitative estimate of drug-likeness (QED) is 0.423. The molecular formula is C20H21ClIN3OS. The van der Waals surface area contributed by atoms with Crippen LogP contribution in [0.25, 0.3) is 0 Å². The zero-order valence-corrected chi connectivity index (χ0v) is 18.7. The van der Waals surface area contributed by atoms with E-state index in [1.165, 1.54) is 24.9 Å². The molecule has 1 fully saturated rings. The number of carbonyl (C=O) groups excluding carboxylic acids is 1. The van der Waals surface area contributed by atoms with E-state index >= 15 is 0 Å². The molecular weight excluding hydrogens is 493 g/mol. The summed E-state index contributed by atoms with van der Waals surface area (Å²) in [5, 5.41) is 6.38. The molecule has 1 aliphatic rings. The van der Waals surface area contributed by atoms with Crippen molar-refractivity contribution in [3.05, 3.63) is 56.6 Å². The molecule has 2 N–H and O–H groups in total. The van der Waals surface area contributed by atoms with Crippen molar-refractivity contribution in [3.63, 3.8) is 0 Å². The van der Waals surface area contributed by atoms with Crippen LogP contribution in [0.1, 0.15) is 36.5 Å². The van der Waals surface area contributed by atoms with Crippen LogP contribution < -0.4 is 15.5 Å². The molecule has 3 rings (SSSR count). The summed E-state index contributed by atoms with van der Waals surface area (Å²) in [6.07, 6.45) is 3.77. The van der Waals surface area contributed by atoms with Crippen molar-refractivity contribution in [1.82, 2.24) is 5.32 Å². The van der Waals surface area contributed by atoms with E-state index in [-0.39, 0.29) is 11.0 Å². The summed E-state index contributed by atoms with van der Waals surface area (Å²) in [4.78, 5) is 14.8. The molecule has 1 heterocycles. The number of carbonyl (C=O) groups is 1. The number of thiocarbonyl (C=S) groups is 1. The van der Waals surface area contributed by atoms with Crippen LogP contribution in [0.15, 0.2) is 42.5 Å². The number of hydrogen-bond acceptors (Lipinski definition) is 3. The summed E-state index contributed by atoms with van der Waals surface area (Å²) >= 11 is 13.5. The topological polar surface area (TPSA) is 44.4 Å². The van der Waals surface area contributed by atoms with E-state index in [0.717, 1.165) is 15.8 Å². The van der Waals surface area contributed by atoms with Gasteiger partial charge in [-0.3, -0.25) is 10.1 Å². The Bertz CT molecular complexity index is 844. The van der Waals surface area contributed by atoms with Gasteiger partial charge >= 0.3 is 0 Å². The van der Waals surface area contributed by atoms with Crippen LogP contribution in [-0.4, -0.2) is 23.6 Å². The van der Waals surface area contributed by atoms with Gasteiger partial charge < -0.3 is 10.2 Å². The molecule has 0 unspecified atom stereocenters. The van der Waals surface area contributed by atoms with Gasteiger partial charge in [-0.15, -0.1) is 0 Å². The molecule has 0 bridgehead atoms. The second kappa shape index (κ2) is 9.21. The van der Waals surface area contributed by atoms with Gasteiger partial charge in [0.25, 0.3) is 5.91 Å². The normalized spacial score (nSPS) is 16.7. The molecule has 1 aliphatic heterocycles. The highest BCUT2D eigenvalue weighted by Gasteiger charge is 2.18. The Labute approximate surface area is 183 Å². The maximum absolute atomic E-state index is 12.4. The average molecular weight is 514 g/mol. The number of rotatable bonds is 3. The van der Waals surface area contributed by atoms with Gasteiger partial charge in [0, 0.05) is 27.5 Å². The SMILES string of the molecule is C[C@@H]1CCCCN1c1ccc(NC(=S)NC(=O)c2cc(I)ccc2Cl)cc1. The van der Waals surface area contributed by atoms with Crippen LogP contribution in [0, 0.1) is 3.57 Å². The first-order valence-corrected chi connectivity index (χ1v) is 10.7. The number of amides is 1. The van der Waals surface area contributed by atoms with Crippen LogP contribution in [0.4, 0.5) is 11.4 Å². The van der Waals surface area contributed by atoms with Crippen molar-refractivity contribution >= 4 is 68.8 Å². The van der Waals surface area contributed by atoms with Crippen molar-refractivity contribution in [2.75, 3.05) is 16.8 Å². The summed E-state index contributed by atoms with van der Waals surface area (Å²) in [6.45, 7) is 3.37. The first-order chi connectivity index (χ1) is 12.9. The minimum absolute atomic E-state index is 0.244. The van der Waals surface area contributed by atoms with E-state index in [9.17, 15) is 4.79 Å². The third-order valence-corrected chi connectivity index (χ3v) is 5.86. The molecule has 1 atom stereocenters. The smallest absolute Gasteiger partial charge is 0.258 e. The predicted molar refractivity (Wildman–Crippen MR) is 125 cm³/mol. The van der Waals surface area contributed by atoms with E-state index in [2.05, 4.69) is 57.2 Å². The Morgan fingerprint density at radius 1 is 1.22 bits per heavy atom. The minimum atomic E-state index is -0.324. The summed E-state index contributed by atoms with van der Waals surface area (Å²) in [7, 11) is 0. The van der Waals surface area contributed by atoms with E-state index in [4.69, 9.17) is 23.8 Å². The molecule has 0 aromatic heterocycles. The van der Waals surface area contributed by atoms with Gasteiger partial charge in [0.2, 0.25) is 0 Å². The second-order valence-electron chi connectivity index (χ2n) is 6.62. The van der Waals surface area contributed by atoms with Crippen molar-refractivity contribution in [2.45, 2.75) is 32.2 Å². The van der Waals surface area contributed by atoms with Crippen LogP contribution in [-0.2, 0) is 0 Å². The first-order valence-electron chi connectivity index (χ1n) is 8.88. The Kier molecular flexibility index (Phi) is 6.94. The zero-order valence-electron chi connectivity index (χ0n) is 15.0. The Morgan fingerprint density at radius 2 is 1.96 bits per heavy atom. The summed E-state index contributed by atoms with van der Waals surface area (Å²) in [5.41, 5.74) is 2.46. The van der Waals surface area contributed by atoms with E-state index in [1.54, 1.807) is 12.1 Å². The average Bonchev–Trinajstić information content (AvgIpc) is 2.65. The molecule has 0 saturated carbocycles. The van der Waals surface area contributed by atoms with E-state index < -0.39 is 0 Å². The highest BCUT2D eigenvalue weighted by molar-refractivity contribution is 14.1. The maximum Gasteiger partial charge on any atom is 0.258 e. The first kappa shape index (κ1) is 20.4. The molecule has 0 aliphatic carbocycles. The molecule has 7 heteroatoms. The van der Waals surface area contributed by atoms with E-state index in [0.29, 0.717) is 16.6 Å². The molecule has 142 valence electrons. The molecule has 2 aromatic carbocycles. The highest BCUT2D eigenvalue weighted by Crippen LogP contribution is 2.26.